The molecule has 0 aromatic rings. The molecule has 0 N–H and O–H groups in total. The molecule has 0 heterocycles. The van der Waals surface area contributed by atoms with Crippen LogP contribution in [0.1, 0.15) is 258 Å². The lowest BCUT2D eigenvalue weighted by Crippen LogP contribution is -2.30. The number of allylic oxidation sites excluding steroid dienone is 12. The van der Waals surface area contributed by atoms with Gasteiger partial charge in [-0.1, -0.05) is 235 Å². The fourth-order valence-corrected chi connectivity index (χ4v) is 7.46. The van der Waals surface area contributed by atoms with E-state index in [0.29, 0.717) is 19.3 Å². The molecule has 0 aromatic carbocycles. The Bertz CT molecular complexity index is 1210. The van der Waals surface area contributed by atoms with Gasteiger partial charge in [-0.3, -0.25) is 14.4 Å². The number of ether oxygens (including phenoxy) is 3. The largest absolute Gasteiger partial charge is 0.462 e. The van der Waals surface area contributed by atoms with E-state index in [4.69, 9.17) is 14.2 Å². The quantitative estimate of drug-likeness (QED) is 0.0199. The van der Waals surface area contributed by atoms with Crippen LogP contribution in [0, 0.1) is 0 Å². The van der Waals surface area contributed by atoms with E-state index < -0.39 is 6.10 Å². The summed E-state index contributed by atoms with van der Waals surface area (Å²) in [6, 6.07) is 0. The molecule has 6 nitrogen and oxygen atoms in total. The number of hydrogen-bond donors (Lipinski definition) is 0. The molecule has 0 bridgehead atoms. The van der Waals surface area contributed by atoms with Crippen LogP contribution in [0.2, 0.25) is 0 Å². The summed E-state index contributed by atoms with van der Waals surface area (Å²) < 4.78 is 16.8. The lowest BCUT2D eigenvalue weighted by molar-refractivity contribution is -0.167. The molecule has 0 spiro atoms. The predicted molar refractivity (Wildman–Crippen MR) is 274 cm³/mol. The summed E-state index contributed by atoms with van der Waals surface area (Å²) in [5.41, 5.74) is 0. The molecule has 64 heavy (non-hydrogen) atoms. The van der Waals surface area contributed by atoms with Gasteiger partial charge in [0.25, 0.3) is 0 Å². The van der Waals surface area contributed by atoms with Gasteiger partial charge in [-0.15, -0.1) is 0 Å². The molecule has 0 aliphatic heterocycles. The monoisotopic (exact) mass is 893 g/mol. The lowest BCUT2D eigenvalue weighted by Gasteiger charge is -2.18. The van der Waals surface area contributed by atoms with Gasteiger partial charge in [-0.05, 0) is 77.0 Å². The van der Waals surface area contributed by atoms with E-state index in [1.165, 1.54) is 116 Å². The van der Waals surface area contributed by atoms with Crippen LogP contribution in [0.3, 0.4) is 0 Å². The van der Waals surface area contributed by atoms with Crippen molar-refractivity contribution in [3.8, 4) is 0 Å². The number of rotatable bonds is 48. The van der Waals surface area contributed by atoms with Crippen molar-refractivity contribution < 1.29 is 28.6 Å². The highest BCUT2D eigenvalue weighted by Crippen LogP contribution is 2.15. The summed E-state index contributed by atoms with van der Waals surface area (Å²) in [5, 5.41) is 0. The Labute approximate surface area is 395 Å². The zero-order chi connectivity index (χ0) is 46.5. The van der Waals surface area contributed by atoms with E-state index in [0.717, 1.165) is 103 Å². The maximum Gasteiger partial charge on any atom is 0.306 e. The first-order chi connectivity index (χ1) is 31.5. The van der Waals surface area contributed by atoms with Crippen LogP contribution in [0.5, 0.6) is 0 Å². The average Bonchev–Trinajstić information content (AvgIpc) is 3.29. The highest BCUT2D eigenvalue weighted by atomic mass is 16.6. The minimum Gasteiger partial charge on any atom is -0.462 e. The molecule has 0 saturated carbocycles. The topological polar surface area (TPSA) is 78.9 Å². The molecule has 0 rings (SSSR count). The van der Waals surface area contributed by atoms with E-state index in [2.05, 4.69) is 93.7 Å². The molecule has 368 valence electrons. The van der Waals surface area contributed by atoms with Crippen LogP contribution >= 0.6 is 0 Å². The fourth-order valence-electron chi connectivity index (χ4n) is 7.46. The van der Waals surface area contributed by atoms with Crippen LogP contribution in [-0.2, 0) is 28.6 Å². The third-order valence-electron chi connectivity index (χ3n) is 11.5. The van der Waals surface area contributed by atoms with Crippen LogP contribution in [-0.4, -0.2) is 37.2 Å². The molecule has 0 radical (unpaired) electrons. The van der Waals surface area contributed by atoms with Crippen LogP contribution in [0.4, 0.5) is 0 Å². The minimum atomic E-state index is -0.797. The molecule has 6 heteroatoms. The van der Waals surface area contributed by atoms with Gasteiger partial charge in [-0.2, -0.15) is 0 Å². The standard InChI is InChI=1S/C58H100O6/c1-4-7-10-13-16-19-22-25-27-29-30-32-33-36-39-42-45-48-51-57(60)63-54-55(53-62-56(59)50-47-44-41-38-35-24-21-18-15-12-9-6-3)64-58(61)52-49-46-43-40-37-34-31-28-26-23-20-17-14-11-8-5-2/h9,12,18,21-22,25,27,29-30,32,35,38,55H,4-8,10-11,13-17,19-20,23-24,26,28,31,33-34,36-37,39-54H2,1-3H3/b12-9-,21-18-,25-22-,29-27-,32-30-,38-35-. The predicted octanol–water partition coefficient (Wildman–Crippen LogP) is 17.8. The average molecular weight is 893 g/mol. The smallest absolute Gasteiger partial charge is 0.306 e. The second kappa shape index (κ2) is 52.5. The van der Waals surface area contributed by atoms with Gasteiger partial charge in [0.1, 0.15) is 13.2 Å². The summed E-state index contributed by atoms with van der Waals surface area (Å²) >= 11 is 0. The first-order valence-corrected chi connectivity index (χ1v) is 27.0. The Kier molecular flexibility index (Phi) is 49.9. The number of esters is 3. The molecule has 1 atom stereocenters. The highest BCUT2D eigenvalue weighted by Gasteiger charge is 2.19. The first kappa shape index (κ1) is 60.9. The van der Waals surface area contributed by atoms with Gasteiger partial charge >= 0.3 is 17.9 Å². The Morgan fingerprint density at radius 2 is 0.672 bits per heavy atom. The van der Waals surface area contributed by atoms with Crippen molar-refractivity contribution in [3.05, 3.63) is 72.9 Å². The number of carbonyl (C=O) groups excluding carboxylic acids is 3. The van der Waals surface area contributed by atoms with Crippen molar-refractivity contribution in [1.29, 1.82) is 0 Å². The number of unbranched alkanes of at least 4 members (excludes halogenated alkanes) is 27. The zero-order valence-corrected chi connectivity index (χ0v) is 42.0. The van der Waals surface area contributed by atoms with E-state index in [-0.39, 0.29) is 31.1 Å². The molecule has 0 amide bonds. The van der Waals surface area contributed by atoms with Crippen molar-refractivity contribution in [2.24, 2.45) is 0 Å². The van der Waals surface area contributed by atoms with Crippen LogP contribution < -0.4 is 0 Å². The summed E-state index contributed by atoms with van der Waals surface area (Å²) in [6.45, 7) is 6.47. The SMILES string of the molecule is CC/C=C\C/C=C\C/C=C\CCCCC(=O)OCC(COC(=O)CCCCCCC\C=C/C=C\C=C/CCCCCCC)OC(=O)CCCCCCCCCCCCCCCCCC. The summed E-state index contributed by atoms with van der Waals surface area (Å²) in [4.78, 5) is 38.0. The summed E-state index contributed by atoms with van der Waals surface area (Å²) in [6.07, 6.45) is 66.0. The molecule has 0 saturated heterocycles. The van der Waals surface area contributed by atoms with Gasteiger partial charge in [-0.25, -0.2) is 0 Å². The van der Waals surface area contributed by atoms with Crippen molar-refractivity contribution in [3.63, 3.8) is 0 Å². The molecule has 0 fully saturated rings. The van der Waals surface area contributed by atoms with Gasteiger partial charge < -0.3 is 14.2 Å². The van der Waals surface area contributed by atoms with Crippen molar-refractivity contribution in [1.82, 2.24) is 0 Å². The number of hydrogen-bond acceptors (Lipinski definition) is 6. The Hall–Kier alpha value is -3.15. The number of carbonyl (C=O) groups is 3. The van der Waals surface area contributed by atoms with Gasteiger partial charge in [0.2, 0.25) is 0 Å². The molecule has 1 unspecified atom stereocenters. The summed E-state index contributed by atoms with van der Waals surface area (Å²) in [5.74, 6) is -0.949. The zero-order valence-electron chi connectivity index (χ0n) is 42.0. The normalized spacial score (nSPS) is 12.6. The van der Waals surface area contributed by atoms with Crippen LogP contribution in [0.25, 0.3) is 0 Å². The van der Waals surface area contributed by atoms with E-state index in [9.17, 15) is 14.4 Å². The van der Waals surface area contributed by atoms with E-state index in [1.807, 2.05) is 0 Å². The molecular weight excluding hydrogens is 793 g/mol. The van der Waals surface area contributed by atoms with E-state index >= 15 is 0 Å². The minimum absolute atomic E-state index is 0.0967. The Morgan fingerprint density at radius 3 is 1.11 bits per heavy atom. The molecule has 0 aliphatic rings. The van der Waals surface area contributed by atoms with E-state index in [1.54, 1.807) is 0 Å². The van der Waals surface area contributed by atoms with Gasteiger partial charge in [0.15, 0.2) is 6.10 Å². The Balaban J connectivity index is 4.43. The van der Waals surface area contributed by atoms with Crippen molar-refractivity contribution >= 4 is 17.9 Å². The highest BCUT2D eigenvalue weighted by molar-refractivity contribution is 5.71. The maximum absolute atomic E-state index is 12.8. The third-order valence-corrected chi connectivity index (χ3v) is 11.5. The second-order valence-electron chi connectivity index (χ2n) is 17.8. The summed E-state index contributed by atoms with van der Waals surface area (Å²) in [7, 11) is 0. The lowest BCUT2D eigenvalue weighted by atomic mass is 10.0. The first-order valence-electron chi connectivity index (χ1n) is 27.0. The van der Waals surface area contributed by atoms with Gasteiger partial charge in [0.05, 0.1) is 0 Å². The van der Waals surface area contributed by atoms with Crippen molar-refractivity contribution in [2.45, 2.75) is 264 Å². The second-order valence-corrected chi connectivity index (χ2v) is 17.8. The molecule has 0 aromatic heterocycles. The van der Waals surface area contributed by atoms with Gasteiger partial charge in [0, 0.05) is 19.3 Å². The molecular formula is C58H100O6. The third kappa shape index (κ3) is 49.9. The Morgan fingerprint density at radius 1 is 0.344 bits per heavy atom. The molecule has 0 aliphatic carbocycles. The fraction of sp³-hybridized carbons (Fsp3) is 0.741. The van der Waals surface area contributed by atoms with Crippen molar-refractivity contribution in [2.75, 3.05) is 13.2 Å². The van der Waals surface area contributed by atoms with Crippen LogP contribution in [0.15, 0.2) is 72.9 Å². The maximum atomic E-state index is 12.8.